The van der Waals surface area contributed by atoms with Gasteiger partial charge in [-0.3, -0.25) is 14.4 Å². The average Bonchev–Trinajstić information content (AvgIpc) is 3.09. The molecule has 0 aliphatic rings. The zero-order valence-electron chi connectivity index (χ0n) is 26.8. The van der Waals surface area contributed by atoms with Crippen molar-refractivity contribution < 1.29 is 33.3 Å². The van der Waals surface area contributed by atoms with Crippen LogP contribution in [0.15, 0.2) is 102 Å². The number of ether oxygens (including phenoxy) is 4. The lowest BCUT2D eigenvalue weighted by atomic mass is 10.1. The summed E-state index contributed by atoms with van der Waals surface area (Å²) in [6, 6.07) is 26.2. The molecule has 4 aromatic rings. The summed E-state index contributed by atoms with van der Waals surface area (Å²) in [5, 5.41) is 8.08. The zero-order valence-corrected chi connectivity index (χ0v) is 27.6. The first-order valence-corrected chi connectivity index (χ1v) is 15.6. The molecule has 11 heteroatoms. The molecule has 47 heavy (non-hydrogen) atoms. The summed E-state index contributed by atoms with van der Waals surface area (Å²) in [5.74, 6) is 0.682. The van der Waals surface area contributed by atoms with Crippen LogP contribution in [0.25, 0.3) is 6.08 Å². The van der Waals surface area contributed by atoms with Gasteiger partial charge < -0.3 is 34.9 Å². The highest BCUT2D eigenvalue weighted by molar-refractivity contribution is 8.00. The van der Waals surface area contributed by atoms with E-state index in [1.807, 2.05) is 44.2 Å². The van der Waals surface area contributed by atoms with Gasteiger partial charge in [0.1, 0.15) is 17.2 Å². The predicted molar refractivity (Wildman–Crippen MR) is 185 cm³/mol. The first kappa shape index (κ1) is 34.5. The van der Waals surface area contributed by atoms with Crippen molar-refractivity contribution in [1.29, 1.82) is 0 Å². The second kappa shape index (κ2) is 16.8. The Morgan fingerprint density at radius 1 is 0.766 bits per heavy atom. The number of carbonyl (C=O) groups excluding carboxylic acids is 3. The van der Waals surface area contributed by atoms with E-state index in [9.17, 15) is 14.4 Å². The number of amides is 3. The molecule has 1 unspecified atom stereocenters. The normalized spacial score (nSPS) is 11.6. The Hall–Kier alpha value is -5.42. The van der Waals surface area contributed by atoms with E-state index in [0.717, 1.165) is 4.90 Å². The SMILES string of the molecule is CCOc1ccccc1NC(=O)C(C)Sc1ccc(NC(=O)/C(=C/c2cc(OC)c(OC)cc2OC)NC(=O)c2ccccc2)cc1. The van der Waals surface area contributed by atoms with Crippen molar-refractivity contribution in [3.8, 4) is 23.0 Å². The highest BCUT2D eigenvalue weighted by atomic mass is 32.2. The monoisotopic (exact) mass is 655 g/mol. The molecule has 0 radical (unpaired) electrons. The van der Waals surface area contributed by atoms with Crippen LogP contribution >= 0.6 is 11.8 Å². The van der Waals surface area contributed by atoms with Gasteiger partial charge in [-0.1, -0.05) is 30.3 Å². The van der Waals surface area contributed by atoms with Crippen LogP contribution in [0.4, 0.5) is 11.4 Å². The van der Waals surface area contributed by atoms with Crippen LogP contribution < -0.4 is 34.9 Å². The van der Waals surface area contributed by atoms with E-state index in [2.05, 4.69) is 16.0 Å². The van der Waals surface area contributed by atoms with Gasteiger partial charge in [0.05, 0.1) is 38.9 Å². The lowest BCUT2D eigenvalue weighted by Crippen LogP contribution is -2.30. The van der Waals surface area contributed by atoms with Crippen LogP contribution in [-0.4, -0.2) is 50.9 Å². The molecule has 3 amide bonds. The average molecular weight is 656 g/mol. The molecular weight excluding hydrogens is 618 g/mol. The summed E-state index contributed by atoms with van der Waals surface area (Å²) < 4.78 is 21.9. The number of anilines is 2. The fourth-order valence-electron chi connectivity index (χ4n) is 4.42. The third-order valence-corrected chi connectivity index (χ3v) is 7.92. The standard InChI is InChI=1S/C36H37N3O7S/c1-6-46-30-15-11-10-14-28(30)38-34(40)23(2)47-27-18-16-26(17-19-27)37-36(42)29(39-35(41)24-12-8-7-9-13-24)20-25-21-32(44-4)33(45-5)22-31(25)43-3/h7-23H,6H2,1-5H3,(H,37,42)(H,38,40)(H,39,41)/b29-20-. The molecule has 4 aromatic carbocycles. The number of hydrogen-bond donors (Lipinski definition) is 3. The molecule has 3 N–H and O–H groups in total. The minimum Gasteiger partial charge on any atom is -0.496 e. The Labute approximate surface area is 278 Å². The van der Waals surface area contributed by atoms with E-state index < -0.39 is 17.1 Å². The van der Waals surface area contributed by atoms with Gasteiger partial charge in [0.2, 0.25) is 5.91 Å². The molecule has 0 heterocycles. The van der Waals surface area contributed by atoms with Gasteiger partial charge in [-0.05, 0) is 74.5 Å². The van der Waals surface area contributed by atoms with E-state index >= 15 is 0 Å². The molecule has 0 fully saturated rings. The number of methoxy groups -OCH3 is 3. The first-order valence-electron chi connectivity index (χ1n) is 14.7. The van der Waals surface area contributed by atoms with Gasteiger partial charge in [-0.25, -0.2) is 0 Å². The molecule has 0 saturated heterocycles. The van der Waals surface area contributed by atoms with Gasteiger partial charge in [-0.2, -0.15) is 0 Å². The molecule has 4 rings (SSSR count). The summed E-state index contributed by atoms with van der Waals surface area (Å²) in [5.41, 5.74) is 1.93. The summed E-state index contributed by atoms with van der Waals surface area (Å²) in [6.45, 7) is 4.19. The Bertz CT molecular complexity index is 1730. The first-order chi connectivity index (χ1) is 22.8. The molecule has 10 nitrogen and oxygen atoms in total. The maximum Gasteiger partial charge on any atom is 0.272 e. The quantitative estimate of drug-likeness (QED) is 0.102. The van der Waals surface area contributed by atoms with E-state index in [1.165, 1.54) is 39.2 Å². The van der Waals surface area contributed by atoms with Gasteiger partial charge >= 0.3 is 0 Å². The summed E-state index contributed by atoms with van der Waals surface area (Å²) in [4.78, 5) is 40.4. The van der Waals surface area contributed by atoms with Crippen molar-refractivity contribution >= 4 is 46.9 Å². The van der Waals surface area contributed by atoms with Crippen LogP contribution in [0, 0.1) is 0 Å². The lowest BCUT2D eigenvalue weighted by Gasteiger charge is -2.16. The van der Waals surface area contributed by atoms with Crippen molar-refractivity contribution in [3.63, 3.8) is 0 Å². The lowest BCUT2D eigenvalue weighted by molar-refractivity contribution is -0.115. The highest BCUT2D eigenvalue weighted by Crippen LogP contribution is 2.36. The number of carbonyl (C=O) groups is 3. The second-order valence-electron chi connectivity index (χ2n) is 9.98. The molecule has 0 aromatic heterocycles. The Morgan fingerprint density at radius 2 is 1.40 bits per heavy atom. The van der Waals surface area contributed by atoms with E-state index in [1.54, 1.807) is 60.7 Å². The van der Waals surface area contributed by atoms with E-state index in [4.69, 9.17) is 18.9 Å². The molecule has 0 saturated carbocycles. The zero-order chi connectivity index (χ0) is 33.8. The number of hydrogen-bond acceptors (Lipinski definition) is 8. The van der Waals surface area contributed by atoms with Crippen LogP contribution in [-0.2, 0) is 9.59 Å². The Balaban J connectivity index is 1.51. The van der Waals surface area contributed by atoms with Gasteiger partial charge in [0.25, 0.3) is 11.8 Å². The topological polar surface area (TPSA) is 124 Å². The Morgan fingerprint density at radius 3 is 2.06 bits per heavy atom. The highest BCUT2D eigenvalue weighted by Gasteiger charge is 2.19. The smallest absolute Gasteiger partial charge is 0.272 e. The number of rotatable bonds is 14. The summed E-state index contributed by atoms with van der Waals surface area (Å²) in [7, 11) is 4.50. The molecule has 0 spiro atoms. The van der Waals surface area contributed by atoms with Gasteiger partial charge in [-0.15, -0.1) is 11.8 Å². The molecule has 1 atom stereocenters. The van der Waals surface area contributed by atoms with E-state index in [-0.39, 0.29) is 11.6 Å². The van der Waals surface area contributed by atoms with Crippen LogP contribution in [0.2, 0.25) is 0 Å². The van der Waals surface area contributed by atoms with Crippen molar-refractivity contribution in [1.82, 2.24) is 5.32 Å². The van der Waals surface area contributed by atoms with Crippen molar-refractivity contribution in [2.24, 2.45) is 0 Å². The molecule has 0 aliphatic heterocycles. The largest absolute Gasteiger partial charge is 0.496 e. The fourth-order valence-corrected chi connectivity index (χ4v) is 5.29. The minimum atomic E-state index is -0.563. The maximum atomic E-state index is 13.6. The van der Waals surface area contributed by atoms with Crippen molar-refractivity contribution in [2.45, 2.75) is 24.0 Å². The number of thioether (sulfide) groups is 1. The fraction of sp³-hybridized carbons (Fsp3) is 0.194. The van der Waals surface area contributed by atoms with Gasteiger partial charge in [0.15, 0.2) is 11.5 Å². The molecular formula is C36H37N3O7S. The molecule has 244 valence electrons. The number of para-hydroxylation sites is 2. The maximum absolute atomic E-state index is 13.6. The number of nitrogens with one attached hydrogen (secondary N) is 3. The summed E-state index contributed by atoms with van der Waals surface area (Å²) >= 11 is 1.37. The van der Waals surface area contributed by atoms with E-state index in [0.29, 0.717) is 52.1 Å². The third-order valence-electron chi connectivity index (χ3n) is 6.80. The summed E-state index contributed by atoms with van der Waals surface area (Å²) in [6.07, 6.45) is 1.51. The van der Waals surface area contributed by atoms with Gasteiger partial charge in [0, 0.05) is 27.8 Å². The van der Waals surface area contributed by atoms with Crippen LogP contribution in [0.3, 0.4) is 0 Å². The third kappa shape index (κ3) is 9.30. The van der Waals surface area contributed by atoms with Crippen LogP contribution in [0.5, 0.6) is 23.0 Å². The second-order valence-corrected chi connectivity index (χ2v) is 11.4. The molecule has 0 aliphatic carbocycles. The number of benzene rings is 4. The predicted octanol–water partition coefficient (Wildman–Crippen LogP) is 6.64. The van der Waals surface area contributed by atoms with Crippen molar-refractivity contribution in [2.75, 3.05) is 38.6 Å². The van der Waals surface area contributed by atoms with Crippen LogP contribution in [0.1, 0.15) is 29.8 Å². The molecule has 0 bridgehead atoms. The minimum absolute atomic E-state index is 0.0274. The Kier molecular flexibility index (Phi) is 12.3. The van der Waals surface area contributed by atoms with Crippen molar-refractivity contribution in [3.05, 3.63) is 108 Å².